The van der Waals surface area contributed by atoms with Crippen LogP contribution in [0.5, 0.6) is 5.75 Å². The predicted octanol–water partition coefficient (Wildman–Crippen LogP) is 4.72. The molecule has 0 aliphatic carbocycles. The average Bonchev–Trinajstić information content (AvgIpc) is 2.64. The summed E-state index contributed by atoms with van der Waals surface area (Å²) in [6.45, 7) is 1.29. The number of ether oxygens (including phenoxy) is 1. The molecular formula is C20H19F3N2O2. The molecule has 4 nitrogen and oxygen atoms in total. The lowest BCUT2D eigenvalue weighted by atomic mass is 9.99. The molecule has 2 aromatic carbocycles. The smallest absolute Gasteiger partial charge is 0.416 e. The number of benzene rings is 2. The number of hydrogen-bond acceptors (Lipinski definition) is 4. The molecule has 2 N–H and O–H groups in total. The van der Waals surface area contributed by atoms with E-state index in [1.165, 1.54) is 25.3 Å². The summed E-state index contributed by atoms with van der Waals surface area (Å²) in [5.41, 5.74) is 1.06. The minimum absolute atomic E-state index is 0.0157. The summed E-state index contributed by atoms with van der Waals surface area (Å²) in [4.78, 5) is 4.46. The third-order valence-corrected chi connectivity index (χ3v) is 4.30. The molecule has 1 atom stereocenters. The highest BCUT2D eigenvalue weighted by molar-refractivity contribution is 5.95. The summed E-state index contributed by atoms with van der Waals surface area (Å²) in [5.74, 6) is 0.565. The first-order valence-corrected chi connectivity index (χ1v) is 8.33. The van der Waals surface area contributed by atoms with E-state index >= 15 is 0 Å². The van der Waals surface area contributed by atoms with Crippen LogP contribution in [0.4, 0.5) is 18.9 Å². The van der Waals surface area contributed by atoms with Gasteiger partial charge in [-0.1, -0.05) is 30.3 Å². The summed E-state index contributed by atoms with van der Waals surface area (Å²) in [6.07, 6.45) is -4.51. The second-order valence-electron chi connectivity index (χ2n) is 6.13. The zero-order valence-electron chi connectivity index (χ0n) is 14.8. The number of nitrogens with one attached hydrogen (secondary N) is 1. The Morgan fingerprint density at radius 1 is 1.15 bits per heavy atom. The Hall–Kier alpha value is -2.80. The van der Waals surface area contributed by atoms with E-state index in [0.717, 1.165) is 6.07 Å². The fourth-order valence-corrected chi connectivity index (χ4v) is 3.10. The van der Waals surface area contributed by atoms with Gasteiger partial charge in [-0.25, -0.2) is 4.98 Å². The van der Waals surface area contributed by atoms with Gasteiger partial charge in [-0.05, 0) is 30.7 Å². The van der Waals surface area contributed by atoms with Gasteiger partial charge >= 0.3 is 6.18 Å². The van der Waals surface area contributed by atoms with Crippen molar-refractivity contribution >= 4 is 16.6 Å². The highest BCUT2D eigenvalue weighted by atomic mass is 19.4. The molecule has 1 aromatic heterocycles. The average molecular weight is 376 g/mol. The molecule has 142 valence electrons. The second kappa shape index (κ2) is 7.44. The van der Waals surface area contributed by atoms with Crippen molar-refractivity contribution in [3.05, 3.63) is 65.4 Å². The summed E-state index contributed by atoms with van der Waals surface area (Å²) >= 11 is 0. The zero-order chi connectivity index (χ0) is 19.6. The molecule has 0 saturated carbocycles. The molecule has 3 rings (SSSR count). The maximum Gasteiger partial charge on any atom is 0.416 e. The molecule has 0 aliphatic rings. The Bertz CT molecular complexity index is 958. The first-order valence-electron chi connectivity index (χ1n) is 8.33. The van der Waals surface area contributed by atoms with Crippen molar-refractivity contribution in [1.82, 2.24) is 4.98 Å². The number of anilines is 1. The Labute approximate surface area is 154 Å². The van der Waals surface area contributed by atoms with Crippen LogP contribution in [0.3, 0.4) is 0 Å². The Morgan fingerprint density at radius 2 is 1.89 bits per heavy atom. The largest absolute Gasteiger partial charge is 0.494 e. The summed E-state index contributed by atoms with van der Waals surface area (Å²) in [5, 5.41) is 13.5. The number of aliphatic hydroxyl groups is 1. The fraction of sp³-hybridized carbons (Fsp3) is 0.250. The Balaban J connectivity index is 2.09. The molecule has 0 saturated heterocycles. The molecule has 0 amide bonds. The van der Waals surface area contributed by atoms with Crippen LogP contribution >= 0.6 is 0 Å². The molecule has 27 heavy (non-hydrogen) atoms. The standard InChI is InChI=1S/C20H19F3N2O2/c1-12-10-16(14-7-5-9-18(27-2)19(14)24-12)25-17(11-26)13-6-3-4-8-15(13)20(21,22)23/h3-10,17,26H,11H2,1-2H3,(H,24,25). The van der Waals surface area contributed by atoms with E-state index in [1.54, 1.807) is 31.2 Å². The number of hydrogen-bond donors (Lipinski definition) is 2. The van der Waals surface area contributed by atoms with E-state index in [2.05, 4.69) is 10.3 Å². The van der Waals surface area contributed by atoms with Crippen LogP contribution in [0.2, 0.25) is 0 Å². The van der Waals surface area contributed by atoms with Crippen LogP contribution in [-0.2, 0) is 6.18 Å². The number of alkyl halides is 3. The summed E-state index contributed by atoms with van der Waals surface area (Å²) in [7, 11) is 1.53. The number of aliphatic hydroxyl groups excluding tert-OH is 1. The van der Waals surface area contributed by atoms with Gasteiger partial charge in [0, 0.05) is 16.8 Å². The van der Waals surface area contributed by atoms with Gasteiger partial charge in [-0.15, -0.1) is 0 Å². The number of rotatable bonds is 5. The molecule has 1 heterocycles. The molecule has 0 aliphatic heterocycles. The summed E-state index contributed by atoms with van der Waals surface area (Å²) in [6, 6.07) is 11.4. The van der Waals surface area contributed by atoms with Crippen LogP contribution in [0.25, 0.3) is 10.9 Å². The van der Waals surface area contributed by atoms with E-state index in [9.17, 15) is 18.3 Å². The van der Waals surface area contributed by atoms with E-state index in [0.29, 0.717) is 28.0 Å². The normalized spacial score (nSPS) is 12.8. The van der Waals surface area contributed by atoms with Crippen molar-refractivity contribution in [2.75, 3.05) is 19.0 Å². The lowest BCUT2D eigenvalue weighted by Crippen LogP contribution is -2.20. The molecular weight excluding hydrogens is 357 g/mol. The van der Waals surface area contributed by atoms with Gasteiger partial charge in [-0.2, -0.15) is 13.2 Å². The minimum Gasteiger partial charge on any atom is -0.494 e. The van der Waals surface area contributed by atoms with E-state index < -0.39 is 24.4 Å². The lowest BCUT2D eigenvalue weighted by Gasteiger charge is -2.23. The highest BCUT2D eigenvalue weighted by Crippen LogP contribution is 2.37. The molecule has 0 spiro atoms. The van der Waals surface area contributed by atoms with E-state index in [-0.39, 0.29) is 5.56 Å². The monoisotopic (exact) mass is 376 g/mol. The van der Waals surface area contributed by atoms with Crippen molar-refractivity contribution in [2.45, 2.75) is 19.1 Å². The van der Waals surface area contributed by atoms with Crippen LogP contribution < -0.4 is 10.1 Å². The predicted molar refractivity (Wildman–Crippen MR) is 97.9 cm³/mol. The van der Waals surface area contributed by atoms with Crippen molar-refractivity contribution < 1.29 is 23.0 Å². The summed E-state index contributed by atoms with van der Waals surface area (Å²) < 4.78 is 45.4. The third kappa shape index (κ3) is 3.83. The van der Waals surface area contributed by atoms with Gasteiger partial charge in [0.1, 0.15) is 11.3 Å². The van der Waals surface area contributed by atoms with E-state index in [1.807, 2.05) is 0 Å². The number of pyridine rings is 1. The maximum absolute atomic E-state index is 13.4. The number of fused-ring (bicyclic) bond motifs is 1. The highest BCUT2D eigenvalue weighted by Gasteiger charge is 2.35. The minimum atomic E-state index is -4.51. The molecule has 7 heteroatoms. The molecule has 0 fully saturated rings. The zero-order valence-corrected chi connectivity index (χ0v) is 14.8. The van der Waals surface area contributed by atoms with E-state index in [4.69, 9.17) is 4.74 Å². The van der Waals surface area contributed by atoms with Crippen LogP contribution in [-0.4, -0.2) is 23.8 Å². The Morgan fingerprint density at radius 3 is 2.56 bits per heavy atom. The van der Waals surface area contributed by atoms with Crippen molar-refractivity contribution in [3.8, 4) is 5.75 Å². The molecule has 3 aromatic rings. The number of nitrogens with zero attached hydrogens (tertiary/aromatic N) is 1. The van der Waals surface area contributed by atoms with Gasteiger partial charge in [0.25, 0.3) is 0 Å². The van der Waals surface area contributed by atoms with Gasteiger partial charge in [0.05, 0.1) is 25.3 Å². The number of methoxy groups -OCH3 is 1. The van der Waals surface area contributed by atoms with Gasteiger partial charge in [0.15, 0.2) is 0 Å². The number of para-hydroxylation sites is 1. The van der Waals surface area contributed by atoms with Crippen molar-refractivity contribution in [1.29, 1.82) is 0 Å². The lowest BCUT2D eigenvalue weighted by molar-refractivity contribution is -0.138. The van der Waals surface area contributed by atoms with Gasteiger partial charge in [0.2, 0.25) is 0 Å². The second-order valence-corrected chi connectivity index (χ2v) is 6.13. The number of halogens is 3. The number of aromatic nitrogens is 1. The van der Waals surface area contributed by atoms with Gasteiger partial charge < -0.3 is 15.2 Å². The SMILES string of the molecule is COc1cccc2c(NC(CO)c3ccccc3C(F)(F)F)cc(C)nc12. The quantitative estimate of drug-likeness (QED) is 0.677. The number of aryl methyl sites for hydroxylation is 1. The van der Waals surface area contributed by atoms with Crippen LogP contribution in [0.1, 0.15) is 22.9 Å². The topological polar surface area (TPSA) is 54.4 Å². The van der Waals surface area contributed by atoms with Crippen LogP contribution in [0.15, 0.2) is 48.5 Å². The first-order chi connectivity index (χ1) is 12.8. The van der Waals surface area contributed by atoms with Gasteiger partial charge in [-0.3, -0.25) is 0 Å². The van der Waals surface area contributed by atoms with Crippen LogP contribution in [0, 0.1) is 6.92 Å². The fourth-order valence-electron chi connectivity index (χ4n) is 3.10. The van der Waals surface area contributed by atoms with Crippen molar-refractivity contribution in [2.24, 2.45) is 0 Å². The molecule has 0 radical (unpaired) electrons. The first kappa shape index (κ1) is 19.0. The third-order valence-electron chi connectivity index (χ3n) is 4.30. The Kier molecular flexibility index (Phi) is 5.23. The van der Waals surface area contributed by atoms with Crippen molar-refractivity contribution in [3.63, 3.8) is 0 Å². The maximum atomic E-state index is 13.4. The molecule has 1 unspecified atom stereocenters. The molecule has 0 bridgehead atoms.